The highest BCUT2D eigenvalue weighted by molar-refractivity contribution is 6.42. The van der Waals surface area contributed by atoms with Gasteiger partial charge in [0.25, 0.3) is 5.56 Å². The van der Waals surface area contributed by atoms with Crippen LogP contribution in [0.2, 0.25) is 10.0 Å². The van der Waals surface area contributed by atoms with E-state index in [9.17, 15) is 9.59 Å². The van der Waals surface area contributed by atoms with Gasteiger partial charge in [0.05, 0.1) is 33.8 Å². The van der Waals surface area contributed by atoms with Crippen molar-refractivity contribution in [2.45, 2.75) is 13.2 Å². The minimum Gasteiger partial charge on any atom is -0.444 e. The molecular weight excluding hydrogens is 439 g/mol. The van der Waals surface area contributed by atoms with Crippen molar-refractivity contribution in [1.82, 2.24) is 14.5 Å². The van der Waals surface area contributed by atoms with Crippen LogP contribution in [0.3, 0.4) is 0 Å². The van der Waals surface area contributed by atoms with Crippen molar-refractivity contribution in [2.24, 2.45) is 0 Å². The van der Waals surface area contributed by atoms with Gasteiger partial charge in [-0.15, -0.1) is 0 Å². The van der Waals surface area contributed by atoms with Gasteiger partial charge in [-0.2, -0.15) is 0 Å². The molecule has 0 spiro atoms. The zero-order valence-electron chi connectivity index (χ0n) is 16.1. The summed E-state index contributed by atoms with van der Waals surface area (Å²) in [6, 6.07) is 13.6. The van der Waals surface area contributed by atoms with E-state index in [1.165, 1.54) is 10.9 Å². The standard InChI is InChI=1S/C22H16Cl2N4O3/c23-18-3-1-15(9-19(18)24)11-28-13-26-20-4-2-16(10-17(20)21(28)29)27-22(30)31-12-14-5-7-25-8-6-14/h1-10,13H,11-12H2,(H,27,30). The number of carbonyl (C=O) groups excluding carboxylic acids is 1. The Morgan fingerprint density at radius 2 is 1.81 bits per heavy atom. The Kier molecular flexibility index (Phi) is 6.16. The van der Waals surface area contributed by atoms with Gasteiger partial charge in [0.1, 0.15) is 6.61 Å². The smallest absolute Gasteiger partial charge is 0.411 e. The molecule has 0 saturated heterocycles. The van der Waals surface area contributed by atoms with Crippen molar-refractivity contribution >= 4 is 45.9 Å². The summed E-state index contributed by atoms with van der Waals surface area (Å²) in [6.07, 6.45) is 4.09. The molecule has 4 aromatic rings. The third-order valence-corrected chi connectivity index (χ3v) is 5.27. The van der Waals surface area contributed by atoms with Crippen molar-refractivity contribution < 1.29 is 9.53 Å². The maximum Gasteiger partial charge on any atom is 0.411 e. The number of hydrogen-bond donors (Lipinski definition) is 1. The molecule has 0 fully saturated rings. The lowest BCUT2D eigenvalue weighted by Gasteiger charge is -2.10. The minimum absolute atomic E-state index is 0.111. The predicted molar refractivity (Wildman–Crippen MR) is 120 cm³/mol. The van der Waals surface area contributed by atoms with Crippen LogP contribution in [0.25, 0.3) is 10.9 Å². The van der Waals surface area contributed by atoms with Crippen LogP contribution in [0.15, 0.2) is 72.0 Å². The van der Waals surface area contributed by atoms with E-state index in [1.807, 2.05) is 0 Å². The second-order valence-electron chi connectivity index (χ2n) is 6.71. The second kappa shape index (κ2) is 9.16. The summed E-state index contributed by atoms with van der Waals surface area (Å²) in [5.74, 6) is 0. The van der Waals surface area contributed by atoms with Crippen LogP contribution in [0.4, 0.5) is 10.5 Å². The van der Waals surface area contributed by atoms with Crippen molar-refractivity contribution in [3.63, 3.8) is 0 Å². The van der Waals surface area contributed by atoms with Gasteiger partial charge < -0.3 is 4.74 Å². The number of pyridine rings is 1. The van der Waals surface area contributed by atoms with Gasteiger partial charge in [-0.3, -0.25) is 19.7 Å². The molecule has 1 amide bonds. The van der Waals surface area contributed by atoms with E-state index in [-0.39, 0.29) is 18.7 Å². The first-order chi connectivity index (χ1) is 15.0. The first-order valence-corrected chi connectivity index (χ1v) is 10.0. The molecule has 1 N–H and O–H groups in total. The average Bonchev–Trinajstić information content (AvgIpc) is 2.78. The SMILES string of the molecule is O=C(Nc1ccc2ncn(Cc3ccc(Cl)c(Cl)c3)c(=O)c2c1)OCc1ccncc1. The normalized spacial score (nSPS) is 10.8. The first-order valence-electron chi connectivity index (χ1n) is 9.25. The Labute approximate surface area is 187 Å². The van der Waals surface area contributed by atoms with Crippen LogP contribution in [-0.4, -0.2) is 20.6 Å². The number of amides is 1. The fourth-order valence-corrected chi connectivity index (χ4v) is 3.29. The highest BCUT2D eigenvalue weighted by Crippen LogP contribution is 2.23. The summed E-state index contributed by atoms with van der Waals surface area (Å²) >= 11 is 12.0. The number of anilines is 1. The minimum atomic E-state index is -0.629. The second-order valence-corrected chi connectivity index (χ2v) is 7.53. The van der Waals surface area contributed by atoms with Crippen molar-refractivity contribution in [1.29, 1.82) is 0 Å². The number of benzene rings is 2. The molecule has 31 heavy (non-hydrogen) atoms. The molecule has 0 atom stereocenters. The zero-order chi connectivity index (χ0) is 21.8. The molecule has 2 heterocycles. The maximum atomic E-state index is 12.9. The van der Waals surface area contributed by atoms with Gasteiger partial charge in [0.15, 0.2) is 0 Å². The van der Waals surface area contributed by atoms with Gasteiger partial charge in [0, 0.05) is 18.1 Å². The molecule has 7 nitrogen and oxygen atoms in total. The summed E-state index contributed by atoms with van der Waals surface area (Å²) < 4.78 is 6.66. The quantitative estimate of drug-likeness (QED) is 0.463. The number of carbonyl (C=O) groups is 1. The van der Waals surface area contributed by atoms with Gasteiger partial charge >= 0.3 is 6.09 Å². The highest BCUT2D eigenvalue weighted by Gasteiger charge is 2.09. The fourth-order valence-electron chi connectivity index (χ4n) is 2.97. The van der Waals surface area contributed by atoms with E-state index in [2.05, 4.69) is 15.3 Å². The number of aromatic nitrogens is 3. The number of ether oxygens (including phenoxy) is 1. The molecule has 0 aliphatic rings. The van der Waals surface area contributed by atoms with Gasteiger partial charge in [0.2, 0.25) is 0 Å². The lowest BCUT2D eigenvalue weighted by Crippen LogP contribution is -2.21. The molecule has 0 aliphatic carbocycles. The number of hydrogen-bond acceptors (Lipinski definition) is 5. The molecule has 0 radical (unpaired) electrons. The monoisotopic (exact) mass is 454 g/mol. The number of fused-ring (bicyclic) bond motifs is 1. The van der Waals surface area contributed by atoms with E-state index >= 15 is 0 Å². The number of nitrogens with one attached hydrogen (secondary N) is 1. The maximum absolute atomic E-state index is 12.9. The van der Waals surface area contributed by atoms with Gasteiger partial charge in [-0.25, -0.2) is 9.78 Å². The van der Waals surface area contributed by atoms with Crippen molar-refractivity contribution in [2.75, 3.05) is 5.32 Å². The Balaban J connectivity index is 1.52. The topological polar surface area (TPSA) is 86.1 Å². The predicted octanol–water partition coefficient (Wildman–Crippen LogP) is 4.90. The number of halogens is 2. The molecule has 9 heteroatoms. The Bertz CT molecular complexity index is 1310. The Morgan fingerprint density at radius 1 is 1.00 bits per heavy atom. The number of rotatable bonds is 5. The summed E-state index contributed by atoms with van der Waals surface area (Å²) in [5, 5.41) is 3.86. The lowest BCUT2D eigenvalue weighted by molar-refractivity contribution is 0.155. The fraction of sp³-hybridized carbons (Fsp3) is 0.0909. The molecule has 0 unspecified atom stereocenters. The largest absolute Gasteiger partial charge is 0.444 e. The van der Waals surface area contributed by atoms with Crippen LogP contribution in [-0.2, 0) is 17.9 Å². The van der Waals surface area contributed by atoms with Crippen molar-refractivity contribution in [3.05, 3.63) is 98.8 Å². The van der Waals surface area contributed by atoms with Gasteiger partial charge in [-0.05, 0) is 53.6 Å². The molecule has 0 aliphatic heterocycles. The summed E-state index contributed by atoms with van der Waals surface area (Å²) in [5.41, 5.74) is 2.33. The van der Waals surface area contributed by atoms with Crippen molar-refractivity contribution in [3.8, 4) is 0 Å². The molecule has 2 aromatic carbocycles. The molecule has 0 saturated carbocycles. The summed E-state index contributed by atoms with van der Waals surface area (Å²) in [6.45, 7) is 0.393. The van der Waals surface area contributed by atoms with Crippen LogP contribution >= 0.6 is 23.2 Å². The van der Waals surface area contributed by atoms with Crippen LogP contribution in [0.1, 0.15) is 11.1 Å². The molecule has 156 valence electrons. The molecule has 0 bridgehead atoms. The average molecular weight is 455 g/mol. The van der Waals surface area contributed by atoms with Gasteiger partial charge in [-0.1, -0.05) is 29.3 Å². The van der Waals surface area contributed by atoms with Crippen LogP contribution < -0.4 is 10.9 Å². The van der Waals surface area contributed by atoms with Crippen LogP contribution in [0, 0.1) is 0 Å². The lowest BCUT2D eigenvalue weighted by atomic mass is 10.2. The third-order valence-electron chi connectivity index (χ3n) is 4.53. The van der Waals surface area contributed by atoms with E-state index in [0.29, 0.717) is 26.6 Å². The molecule has 4 rings (SSSR count). The Morgan fingerprint density at radius 3 is 2.58 bits per heavy atom. The first kappa shape index (κ1) is 20.8. The van der Waals surface area contributed by atoms with Crippen LogP contribution in [0.5, 0.6) is 0 Å². The zero-order valence-corrected chi connectivity index (χ0v) is 17.6. The van der Waals surface area contributed by atoms with E-state index in [4.69, 9.17) is 27.9 Å². The third kappa shape index (κ3) is 5.02. The summed E-state index contributed by atoms with van der Waals surface area (Å²) in [7, 11) is 0. The van der Waals surface area contributed by atoms with E-state index < -0.39 is 6.09 Å². The molecular formula is C22H16Cl2N4O3. The van der Waals surface area contributed by atoms with E-state index in [1.54, 1.807) is 60.9 Å². The highest BCUT2D eigenvalue weighted by atomic mass is 35.5. The Hall–Kier alpha value is -3.42. The summed E-state index contributed by atoms with van der Waals surface area (Å²) in [4.78, 5) is 33.3. The van der Waals surface area contributed by atoms with E-state index in [0.717, 1.165) is 11.1 Å². The molecule has 2 aromatic heterocycles. The number of nitrogens with zero attached hydrogens (tertiary/aromatic N) is 3.